The maximum absolute atomic E-state index is 12.3. The SMILES string of the molecule is [C-]#[N+]C1=C(c2ccccc2)NC(SCc2cccc(C(=O)O)c2)NC1=O. The molecule has 26 heavy (non-hydrogen) atoms. The van der Waals surface area contributed by atoms with E-state index < -0.39 is 17.4 Å². The molecule has 1 heterocycles. The summed E-state index contributed by atoms with van der Waals surface area (Å²) in [6.45, 7) is 7.28. The minimum atomic E-state index is -0.975. The molecule has 1 atom stereocenters. The van der Waals surface area contributed by atoms with Crippen LogP contribution >= 0.6 is 11.8 Å². The van der Waals surface area contributed by atoms with E-state index in [1.54, 1.807) is 12.1 Å². The molecule has 130 valence electrons. The predicted molar refractivity (Wildman–Crippen MR) is 99.7 cm³/mol. The molecule has 1 aliphatic heterocycles. The number of hydrogen-bond donors (Lipinski definition) is 3. The normalized spacial score (nSPS) is 16.4. The Morgan fingerprint density at radius 1 is 1.15 bits per heavy atom. The van der Waals surface area contributed by atoms with Crippen LogP contribution in [-0.4, -0.2) is 22.5 Å². The third-order valence-electron chi connectivity index (χ3n) is 3.75. The lowest BCUT2D eigenvalue weighted by Crippen LogP contribution is -2.47. The van der Waals surface area contributed by atoms with Gasteiger partial charge in [0.2, 0.25) is 0 Å². The van der Waals surface area contributed by atoms with E-state index in [2.05, 4.69) is 15.5 Å². The van der Waals surface area contributed by atoms with Crippen molar-refractivity contribution < 1.29 is 14.7 Å². The van der Waals surface area contributed by atoms with Gasteiger partial charge in [0.25, 0.3) is 11.6 Å². The minimum Gasteiger partial charge on any atom is -0.478 e. The maximum atomic E-state index is 12.3. The summed E-state index contributed by atoms with van der Waals surface area (Å²) in [5, 5.41) is 15.0. The molecule has 1 amide bonds. The Labute approximate surface area is 154 Å². The first-order valence-electron chi connectivity index (χ1n) is 7.77. The average molecular weight is 365 g/mol. The Kier molecular flexibility index (Phi) is 5.25. The van der Waals surface area contributed by atoms with Gasteiger partial charge in [-0.3, -0.25) is 4.79 Å². The number of nitrogens with zero attached hydrogens (tertiary/aromatic N) is 1. The smallest absolute Gasteiger partial charge is 0.335 e. The van der Waals surface area contributed by atoms with Gasteiger partial charge in [-0.1, -0.05) is 42.5 Å². The Hall–Kier alpha value is -3.24. The van der Waals surface area contributed by atoms with E-state index in [4.69, 9.17) is 11.7 Å². The first-order chi connectivity index (χ1) is 12.6. The quantitative estimate of drug-likeness (QED) is 0.710. The molecule has 3 N–H and O–H groups in total. The molecule has 0 fully saturated rings. The van der Waals surface area contributed by atoms with Crippen molar-refractivity contribution in [1.29, 1.82) is 0 Å². The van der Waals surface area contributed by atoms with Gasteiger partial charge in [-0.15, -0.1) is 11.8 Å². The van der Waals surface area contributed by atoms with Crippen molar-refractivity contribution in [2.24, 2.45) is 0 Å². The summed E-state index contributed by atoms with van der Waals surface area (Å²) < 4.78 is 0. The number of aromatic carboxylic acids is 1. The highest BCUT2D eigenvalue weighted by Crippen LogP contribution is 2.25. The number of thioether (sulfide) groups is 1. The molecule has 7 heteroatoms. The molecule has 0 radical (unpaired) electrons. The second-order valence-corrected chi connectivity index (χ2v) is 6.61. The van der Waals surface area contributed by atoms with Crippen LogP contribution in [0.1, 0.15) is 21.5 Å². The fraction of sp³-hybridized carbons (Fsp3) is 0.105. The number of amides is 1. The number of rotatable bonds is 5. The Morgan fingerprint density at radius 2 is 1.92 bits per heavy atom. The monoisotopic (exact) mass is 365 g/mol. The summed E-state index contributed by atoms with van der Waals surface area (Å²) in [5.74, 6) is -0.888. The minimum absolute atomic E-state index is 0.0286. The molecule has 0 saturated carbocycles. The van der Waals surface area contributed by atoms with E-state index in [9.17, 15) is 9.59 Å². The van der Waals surface area contributed by atoms with Crippen LogP contribution in [0.3, 0.4) is 0 Å². The second-order valence-electron chi connectivity index (χ2n) is 5.52. The predicted octanol–water partition coefficient (Wildman–Crippen LogP) is 2.91. The lowest BCUT2D eigenvalue weighted by atomic mass is 10.1. The molecule has 0 saturated heterocycles. The van der Waals surface area contributed by atoms with Gasteiger partial charge in [0.15, 0.2) is 0 Å². The summed E-state index contributed by atoms with van der Waals surface area (Å²) in [6.07, 6.45) is 0. The lowest BCUT2D eigenvalue weighted by molar-refractivity contribution is -0.117. The number of benzene rings is 2. The molecular weight excluding hydrogens is 350 g/mol. The Balaban J connectivity index is 1.76. The molecule has 1 aliphatic rings. The van der Waals surface area contributed by atoms with Gasteiger partial charge < -0.3 is 15.7 Å². The van der Waals surface area contributed by atoms with Gasteiger partial charge in [0, 0.05) is 5.75 Å². The van der Waals surface area contributed by atoms with E-state index >= 15 is 0 Å². The van der Waals surface area contributed by atoms with Crippen molar-refractivity contribution in [3.05, 3.63) is 88.4 Å². The fourth-order valence-electron chi connectivity index (χ4n) is 2.53. The Morgan fingerprint density at radius 3 is 2.62 bits per heavy atom. The van der Waals surface area contributed by atoms with Crippen molar-refractivity contribution in [1.82, 2.24) is 10.6 Å². The number of carboxylic acid groups (broad SMARTS) is 1. The molecule has 0 spiro atoms. The van der Waals surface area contributed by atoms with E-state index in [1.807, 2.05) is 36.4 Å². The average Bonchev–Trinajstić information content (AvgIpc) is 2.67. The van der Waals surface area contributed by atoms with Crippen molar-refractivity contribution >= 4 is 29.3 Å². The summed E-state index contributed by atoms with van der Waals surface area (Å²) in [6, 6.07) is 15.9. The first kappa shape index (κ1) is 17.6. The van der Waals surface area contributed by atoms with E-state index in [1.165, 1.54) is 17.8 Å². The van der Waals surface area contributed by atoms with Crippen molar-refractivity contribution in [3.63, 3.8) is 0 Å². The van der Waals surface area contributed by atoms with Crippen LogP contribution in [0.4, 0.5) is 0 Å². The molecule has 0 bridgehead atoms. The fourth-order valence-corrected chi connectivity index (χ4v) is 3.46. The van der Waals surface area contributed by atoms with Crippen LogP contribution in [0.2, 0.25) is 0 Å². The molecule has 1 unspecified atom stereocenters. The van der Waals surface area contributed by atoms with Gasteiger partial charge in [0.1, 0.15) is 5.50 Å². The van der Waals surface area contributed by atoms with E-state index in [-0.39, 0.29) is 11.3 Å². The van der Waals surface area contributed by atoms with Crippen LogP contribution in [0.15, 0.2) is 60.3 Å². The first-order valence-corrected chi connectivity index (χ1v) is 8.82. The summed E-state index contributed by atoms with van der Waals surface area (Å²) in [4.78, 5) is 26.7. The van der Waals surface area contributed by atoms with Gasteiger partial charge in [-0.25, -0.2) is 9.64 Å². The van der Waals surface area contributed by atoms with Gasteiger partial charge in [-0.05, 0) is 23.3 Å². The van der Waals surface area contributed by atoms with Crippen molar-refractivity contribution in [2.75, 3.05) is 0 Å². The molecule has 6 nitrogen and oxygen atoms in total. The number of carbonyl (C=O) groups is 2. The lowest BCUT2D eigenvalue weighted by Gasteiger charge is -2.28. The van der Waals surface area contributed by atoms with Crippen LogP contribution in [0, 0.1) is 6.57 Å². The molecule has 0 aliphatic carbocycles. The zero-order valence-electron chi connectivity index (χ0n) is 13.6. The van der Waals surface area contributed by atoms with Crippen molar-refractivity contribution in [3.8, 4) is 0 Å². The third kappa shape index (κ3) is 3.87. The van der Waals surface area contributed by atoms with Crippen LogP contribution < -0.4 is 10.6 Å². The van der Waals surface area contributed by atoms with Gasteiger partial charge in [-0.2, -0.15) is 0 Å². The third-order valence-corrected chi connectivity index (χ3v) is 4.82. The van der Waals surface area contributed by atoms with E-state index in [0.29, 0.717) is 11.4 Å². The maximum Gasteiger partial charge on any atom is 0.335 e. The number of carbonyl (C=O) groups excluding carboxylic acids is 1. The highest BCUT2D eigenvalue weighted by Gasteiger charge is 2.27. The van der Waals surface area contributed by atoms with Crippen molar-refractivity contribution in [2.45, 2.75) is 11.3 Å². The topological polar surface area (TPSA) is 82.8 Å². The second kappa shape index (κ2) is 7.76. The molecule has 3 rings (SSSR count). The number of nitrogens with one attached hydrogen (secondary N) is 2. The van der Waals surface area contributed by atoms with E-state index in [0.717, 1.165) is 11.1 Å². The zero-order chi connectivity index (χ0) is 18.5. The molecule has 2 aromatic carbocycles. The van der Waals surface area contributed by atoms with Gasteiger partial charge in [0.05, 0.1) is 17.8 Å². The van der Waals surface area contributed by atoms with Crippen LogP contribution in [-0.2, 0) is 10.5 Å². The standard InChI is InChI=1S/C19H15N3O3S/c1-20-16-15(13-7-3-2-4-8-13)21-19(22-17(16)23)26-11-12-6-5-9-14(10-12)18(24)25/h2-10,19,21H,11H2,(H,22,23)(H,24,25). The summed E-state index contributed by atoms with van der Waals surface area (Å²) in [7, 11) is 0. The van der Waals surface area contributed by atoms with Crippen LogP contribution in [0.5, 0.6) is 0 Å². The van der Waals surface area contributed by atoms with Crippen LogP contribution in [0.25, 0.3) is 10.5 Å². The number of hydrogen-bond acceptors (Lipinski definition) is 4. The summed E-state index contributed by atoms with van der Waals surface area (Å²) >= 11 is 1.41. The highest BCUT2D eigenvalue weighted by atomic mass is 32.2. The Bertz CT molecular complexity index is 919. The van der Waals surface area contributed by atoms with Gasteiger partial charge >= 0.3 is 5.97 Å². The summed E-state index contributed by atoms with van der Waals surface area (Å²) in [5.41, 5.74) is 1.95. The number of carboxylic acids is 1. The zero-order valence-corrected chi connectivity index (χ0v) is 14.4. The molecule has 2 aromatic rings. The highest BCUT2D eigenvalue weighted by molar-refractivity contribution is 7.99. The molecular formula is C19H15N3O3S. The largest absolute Gasteiger partial charge is 0.478 e. The molecule has 0 aromatic heterocycles.